The van der Waals surface area contributed by atoms with Crippen LogP contribution in [0.5, 0.6) is 5.75 Å². The fourth-order valence-corrected chi connectivity index (χ4v) is 2.92. The second kappa shape index (κ2) is 10.2. The Kier molecular flexibility index (Phi) is 7.16. The van der Waals surface area contributed by atoms with Gasteiger partial charge in [0, 0.05) is 19.2 Å². The predicted molar refractivity (Wildman–Crippen MR) is 110 cm³/mol. The zero-order chi connectivity index (χ0) is 21.3. The average Bonchev–Trinajstić information content (AvgIpc) is 2.78. The van der Waals surface area contributed by atoms with Crippen molar-refractivity contribution < 1.29 is 23.5 Å². The van der Waals surface area contributed by atoms with Crippen LogP contribution >= 0.6 is 0 Å². The molecule has 3 aromatic carbocycles. The van der Waals surface area contributed by atoms with E-state index in [2.05, 4.69) is 0 Å². The molecule has 0 N–H and O–H groups in total. The van der Waals surface area contributed by atoms with E-state index < -0.39 is 18.4 Å². The summed E-state index contributed by atoms with van der Waals surface area (Å²) in [7, 11) is 1.40. The van der Waals surface area contributed by atoms with E-state index in [0.717, 1.165) is 17.2 Å². The van der Waals surface area contributed by atoms with E-state index >= 15 is 0 Å². The first-order chi connectivity index (χ1) is 14.6. The highest BCUT2D eigenvalue weighted by molar-refractivity contribution is 5.91. The first-order valence-corrected chi connectivity index (χ1v) is 9.43. The van der Waals surface area contributed by atoms with Crippen molar-refractivity contribution in [2.75, 3.05) is 13.7 Å². The Morgan fingerprint density at radius 3 is 1.93 bits per heavy atom. The minimum atomic E-state index is -0.900. The Hall–Kier alpha value is -3.67. The maximum Gasteiger partial charge on any atom is 0.341 e. The van der Waals surface area contributed by atoms with Gasteiger partial charge in [0.2, 0.25) is 0 Å². The van der Waals surface area contributed by atoms with Crippen molar-refractivity contribution >= 4 is 11.9 Å². The Morgan fingerprint density at radius 1 is 0.867 bits per heavy atom. The van der Waals surface area contributed by atoms with Gasteiger partial charge in [-0.3, -0.25) is 4.79 Å². The highest BCUT2D eigenvalue weighted by Crippen LogP contribution is 2.17. The van der Waals surface area contributed by atoms with E-state index in [4.69, 9.17) is 9.47 Å². The van der Waals surface area contributed by atoms with Gasteiger partial charge in [-0.05, 0) is 23.3 Å². The summed E-state index contributed by atoms with van der Waals surface area (Å²) >= 11 is 0. The number of carbonyl (C=O) groups excluding carboxylic acids is 2. The Morgan fingerprint density at radius 2 is 1.43 bits per heavy atom. The molecule has 0 aliphatic heterocycles. The summed E-state index contributed by atoms with van der Waals surface area (Å²) in [5, 5.41) is 0. The molecule has 0 atom stereocenters. The van der Waals surface area contributed by atoms with Gasteiger partial charge < -0.3 is 14.4 Å². The first kappa shape index (κ1) is 21.0. The largest absolute Gasteiger partial charge is 0.497 e. The molecule has 5 nitrogen and oxygen atoms in total. The molecule has 154 valence electrons. The lowest BCUT2D eigenvalue weighted by atomic mass is 10.1. The van der Waals surface area contributed by atoms with E-state index in [1.807, 2.05) is 60.7 Å². The van der Waals surface area contributed by atoms with E-state index in [1.54, 1.807) is 4.90 Å². The van der Waals surface area contributed by atoms with Crippen LogP contribution in [-0.2, 0) is 22.6 Å². The van der Waals surface area contributed by atoms with Crippen molar-refractivity contribution in [3.05, 3.63) is 101 Å². The lowest BCUT2D eigenvalue weighted by Gasteiger charge is -2.23. The molecule has 3 rings (SSSR count). The van der Waals surface area contributed by atoms with E-state index in [9.17, 15) is 14.0 Å². The molecule has 3 aromatic rings. The molecule has 0 saturated heterocycles. The second-order valence-electron chi connectivity index (χ2n) is 6.64. The standard InChI is InChI=1S/C24H22FNO4/c1-29-20-12-13-21(22(25)14-20)24(28)30-17-23(27)26(15-18-8-4-2-5-9-18)16-19-10-6-3-7-11-19/h2-14H,15-17H2,1H3. The molecule has 0 aliphatic carbocycles. The van der Waals surface area contributed by atoms with Gasteiger partial charge in [0.15, 0.2) is 6.61 Å². The highest BCUT2D eigenvalue weighted by atomic mass is 19.1. The summed E-state index contributed by atoms with van der Waals surface area (Å²) in [4.78, 5) is 26.6. The molecule has 0 radical (unpaired) electrons. The number of benzene rings is 3. The molecule has 0 fully saturated rings. The third kappa shape index (κ3) is 5.67. The van der Waals surface area contributed by atoms with Gasteiger partial charge in [0.25, 0.3) is 5.91 Å². The van der Waals surface area contributed by atoms with Gasteiger partial charge in [0.1, 0.15) is 11.6 Å². The normalized spacial score (nSPS) is 10.3. The Labute approximate surface area is 174 Å². The summed E-state index contributed by atoms with van der Waals surface area (Å²) in [5.74, 6) is -1.75. The topological polar surface area (TPSA) is 55.8 Å². The number of esters is 1. The third-order valence-electron chi connectivity index (χ3n) is 4.51. The highest BCUT2D eigenvalue weighted by Gasteiger charge is 2.19. The van der Waals surface area contributed by atoms with Crippen LogP contribution in [0.2, 0.25) is 0 Å². The van der Waals surface area contributed by atoms with Gasteiger partial charge in [-0.1, -0.05) is 60.7 Å². The molecular weight excluding hydrogens is 385 g/mol. The van der Waals surface area contributed by atoms with Crippen molar-refractivity contribution in [2.24, 2.45) is 0 Å². The van der Waals surface area contributed by atoms with Crippen LogP contribution in [0.25, 0.3) is 0 Å². The van der Waals surface area contributed by atoms with Crippen LogP contribution in [0.4, 0.5) is 4.39 Å². The smallest absolute Gasteiger partial charge is 0.341 e. The number of methoxy groups -OCH3 is 1. The van der Waals surface area contributed by atoms with Crippen LogP contribution < -0.4 is 4.74 Å². The van der Waals surface area contributed by atoms with Crippen molar-refractivity contribution in [1.29, 1.82) is 0 Å². The number of halogens is 1. The lowest BCUT2D eigenvalue weighted by Crippen LogP contribution is -2.34. The van der Waals surface area contributed by atoms with Gasteiger partial charge in [-0.2, -0.15) is 0 Å². The van der Waals surface area contributed by atoms with E-state index in [-0.39, 0.29) is 17.2 Å². The fraction of sp³-hybridized carbons (Fsp3) is 0.167. The van der Waals surface area contributed by atoms with Crippen molar-refractivity contribution in [3.63, 3.8) is 0 Å². The van der Waals surface area contributed by atoms with Crippen LogP contribution in [0.3, 0.4) is 0 Å². The fourth-order valence-electron chi connectivity index (χ4n) is 2.92. The van der Waals surface area contributed by atoms with Gasteiger partial charge >= 0.3 is 5.97 Å². The molecule has 0 unspecified atom stereocenters. The predicted octanol–water partition coefficient (Wildman–Crippen LogP) is 4.22. The molecule has 0 aromatic heterocycles. The van der Waals surface area contributed by atoms with Crippen molar-refractivity contribution in [2.45, 2.75) is 13.1 Å². The zero-order valence-corrected chi connectivity index (χ0v) is 16.6. The van der Waals surface area contributed by atoms with Crippen LogP contribution in [0, 0.1) is 5.82 Å². The second-order valence-corrected chi connectivity index (χ2v) is 6.64. The Bertz CT molecular complexity index is 951. The molecular formula is C24H22FNO4. The quantitative estimate of drug-likeness (QED) is 0.525. The summed E-state index contributed by atoms with van der Waals surface area (Å²) < 4.78 is 24.1. The maximum atomic E-state index is 14.1. The average molecular weight is 407 g/mol. The summed E-state index contributed by atoms with van der Waals surface area (Å²) in [6.07, 6.45) is 0. The van der Waals surface area contributed by atoms with Crippen molar-refractivity contribution in [1.82, 2.24) is 4.90 Å². The number of carbonyl (C=O) groups is 2. The zero-order valence-electron chi connectivity index (χ0n) is 16.6. The number of amides is 1. The molecule has 30 heavy (non-hydrogen) atoms. The van der Waals surface area contributed by atoms with E-state index in [1.165, 1.54) is 19.2 Å². The minimum Gasteiger partial charge on any atom is -0.497 e. The molecule has 0 saturated carbocycles. The first-order valence-electron chi connectivity index (χ1n) is 9.43. The van der Waals surface area contributed by atoms with Gasteiger partial charge in [0.05, 0.1) is 12.7 Å². The van der Waals surface area contributed by atoms with Crippen LogP contribution in [-0.4, -0.2) is 30.5 Å². The summed E-state index contributed by atoms with van der Waals surface area (Å²) in [5.41, 5.74) is 1.66. The van der Waals surface area contributed by atoms with Gasteiger partial charge in [-0.15, -0.1) is 0 Å². The monoisotopic (exact) mass is 407 g/mol. The number of hydrogen-bond donors (Lipinski definition) is 0. The number of nitrogens with zero attached hydrogens (tertiary/aromatic N) is 1. The number of rotatable bonds is 8. The molecule has 0 spiro atoms. The minimum absolute atomic E-state index is 0.249. The van der Waals surface area contributed by atoms with Gasteiger partial charge in [-0.25, -0.2) is 9.18 Å². The van der Waals surface area contributed by atoms with Crippen LogP contribution in [0.1, 0.15) is 21.5 Å². The van der Waals surface area contributed by atoms with Crippen molar-refractivity contribution in [3.8, 4) is 5.75 Å². The molecule has 0 bridgehead atoms. The maximum absolute atomic E-state index is 14.1. The Balaban J connectivity index is 1.68. The number of ether oxygens (including phenoxy) is 2. The lowest BCUT2D eigenvalue weighted by molar-refractivity contribution is -0.135. The molecule has 6 heteroatoms. The third-order valence-corrected chi connectivity index (χ3v) is 4.51. The van der Waals surface area contributed by atoms with Crippen LogP contribution in [0.15, 0.2) is 78.9 Å². The molecule has 0 aliphatic rings. The number of hydrogen-bond acceptors (Lipinski definition) is 4. The summed E-state index contributed by atoms with van der Waals surface area (Å²) in [6.45, 7) is 0.246. The SMILES string of the molecule is COc1ccc(C(=O)OCC(=O)N(Cc2ccccc2)Cc2ccccc2)c(F)c1. The molecule has 0 heterocycles. The van der Waals surface area contributed by atoms with E-state index in [0.29, 0.717) is 13.1 Å². The summed E-state index contributed by atoms with van der Waals surface area (Å²) in [6, 6.07) is 22.9. The molecule has 1 amide bonds.